The van der Waals surface area contributed by atoms with Crippen molar-refractivity contribution in [2.45, 2.75) is 38.7 Å². The number of nitrogens with zero attached hydrogens (tertiary/aromatic N) is 4. The summed E-state index contributed by atoms with van der Waals surface area (Å²) >= 11 is 0. The number of ether oxygens (including phenoxy) is 2. The second kappa shape index (κ2) is 7.52. The minimum atomic E-state index is -3.09. The topological polar surface area (TPSA) is 94.3 Å². The van der Waals surface area contributed by atoms with Gasteiger partial charge in [-0.2, -0.15) is 18.9 Å². The standard InChI is InChI=1S/C20H21F2N5O3/c1-20(2)8-11-7-13(18(29-19(21)22)26-17(11)30-20)16(28)25-15-6-4-5-14(24-15)12-9-23-27(3)10-12/h4-7,9-10,16,19,28H,8H2,1-3H3,(H,24,25). The van der Waals surface area contributed by atoms with Gasteiger partial charge in [0.2, 0.25) is 11.8 Å². The molecule has 0 spiro atoms. The average Bonchev–Trinajstić information content (AvgIpc) is 3.22. The van der Waals surface area contributed by atoms with Crippen LogP contribution in [-0.4, -0.2) is 37.1 Å². The Kier molecular flexibility index (Phi) is 5.02. The lowest BCUT2D eigenvalue weighted by Crippen LogP contribution is -2.24. The van der Waals surface area contributed by atoms with E-state index in [-0.39, 0.29) is 11.4 Å². The first kappa shape index (κ1) is 20.0. The molecular formula is C20H21F2N5O3. The molecule has 10 heteroatoms. The van der Waals surface area contributed by atoms with Gasteiger partial charge in [0, 0.05) is 30.8 Å². The molecule has 8 nitrogen and oxygen atoms in total. The van der Waals surface area contributed by atoms with Gasteiger partial charge in [-0.3, -0.25) is 4.68 Å². The summed E-state index contributed by atoms with van der Waals surface area (Å²) in [5.74, 6) is 0.178. The van der Waals surface area contributed by atoms with E-state index < -0.39 is 24.3 Å². The molecule has 0 saturated heterocycles. The fourth-order valence-corrected chi connectivity index (χ4v) is 3.33. The number of aromatic nitrogens is 4. The number of hydrogen-bond donors (Lipinski definition) is 2. The van der Waals surface area contributed by atoms with Crippen molar-refractivity contribution >= 4 is 5.82 Å². The van der Waals surface area contributed by atoms with E-state index in [1.165, 1.54) is 0 Å². The Labute approximate surface area is 171 Å². The number of pyridine rings is 2. The van der Waals surface area contributed by atoms with Crippen molar-refractivity contribution in [3.05, 3.63) is 47.8 Å². The third kappa shape index (κ3) is 4.18. The lowest BCUT2D eigenvalue weighted by molar-refractivity contribution is -0.0548. The number of aryl methyl sites for hydroxylation is 1. The third-order valence-corrected chi connectivity index (χ3v) is 4.57. The number of fused-ring (bicyclic) bond motifs is 1. The van der Waals surface area contributed by atoms with Crippen LogP contribution in [0, 0.1) is 0 Å². The summed E-state index contributed by atoms with van der Waals surface area (Å²) in [4.78, 5) is 8.51. The van der Waals surface area contributed by atoms with Crippen LogP contribution >= 0.6 is 0 Å². The van der Waals surface area contributed by atoms with Crippen LogP contribution in [-0.2, 0) is 13.5 Å². The number of rotatable bonds is 6. The number of nitrogens with one attached hydrogen (secondary N) is 1. The number of anilines is 1. The summed E-state index contributed by atoms with van der Waals surface area (Å²) in [6, 6.07) is 6.79. The first-order chi connectivity index (χ1) is 14.2. The summed E-state index contributed by atoms with van der Waals surface area (Å²) in [6.07, 6.45) is 2.63. The van der Waals surface area contributed by atoms with E-state index in [9.17, 15) is 13.9 Å². The van der Waals surface area contributed by atoms with Crippen LogP contribution in [0.25, 0.3) is 11.3 Å². The quantitative estimate of drug-likeness (QED) is 0.595. The van der Waals surface area contributed by atoms with Gasteiger partial charge in [0.05, 0.1) is 17.5 Å². The summed E-state index contributed by atoms with van der Waals surface area (Å²) in [7, 11) is 1.80. The molecule has 4 rings (SSSR count). The summed E-state index contributed by atoms with van der Waals surface area (Å²) < 4.78 is 37.7. The van der Waals surface area contributed by atoms with E-state index in [2.05, 4.69) is 25.1 Å². The molecule has 1 unspecified atom stereocenters. The van der Waals surface area contributed by atoms with E-state index in [0.717, 1.165) is 5.56 Å². The Balaban J connectivity index is 1.62. The van der Waals surface area contributed by atoms with E-state index in [1.54, 1.807) is 42.2 Å². The van der Waals surface area contributed by atoms with Crippen LogP contribution in [0.4, 0.5) is 14.6 Å². The fourth-order valence-electron chi connectivity index (χ4n) is 3.33. The Hall–Kier alpha value is -3.27. The number of aliphatic hydroxyl groups excluding tert-OH is 1. The van der Waals surface area contributed by atoms with Gasteiger partial charge < -0.3 is 19.9 Å². The highest BCUT2D eigenvalue weighted by Crippen LogP contribution is 2.38. The Bertz CT molecular complexity index is 1070. The molecule has 0 fully saturated rings. The predicted octanol–water partition coefficient (Wildman–Crippen LogP) is 3.30. The van der Waals surface area contributed by atoms with Gasteiger partial charge in [-0.1, -0.05) is 6.07 Å². The van der Waals surface area contributed by atoms with E-state index >= 15 is 0 Å². The smallest absolute Gasteiger partial charge is 0.388 e. The SMILES string of the molecule is Cn1cc(-c2cccc(NC(O)c3cc4c(nc3OC(F)F)OC(C)(C)C4)n2)cn1. The molecule has 1 aliphatic rings. The molecule has 3 aromatic rings. The normalized spacial score (nSPS) is 15.6. The zero-order valence-corrected chi connectivity index (χ0v) is 16.6. The zero-order chi connectivity index (χ0) is 21.5. The van der Waals surface area contributed by atoms with Crippen molar-refractivity contribution in [3.8, 4) is 23.0 Å². The monoisotopic (exact) mass is 417 g/mol. The van der Waals surface area contributed by atoms with Gasteiger partial charge in [0.25, 0.3) is 0 Å². The van der Waals surface area contributed by atoms with Crippen LogP contribution in [0.1, 0.15) is 31.2 Å². The summed E-state index contributed by atoms with van der Waals surface area (Å²) in [5, 5.41) is 17.6. The van der Waals surface area contributed by atoms with Crippen LogP contribution in [0.15, 0.2) is 36.7 Å². The second-order valence-corrected chi connectivity index (χ2v) is 7.62. The highest BCUT2D eigenvalue weighted by Gasteiger charge is 2.34. The first-order valence-electron chi connectivity index (χ1n) is 9.28. The van der Waals surface area contributed by atoms with Crippen molar-refractivity contribution in [1.82, 2.24) is 19.7 Å². The molecule has 3 aromatic heterocycles. The van der Waals surface area contributed by atoms with Crippen molar-refractivity contribution in [2.24, 2.45) is 7.05 Å². The summed E-state index contributed by atoms with van der Waals surface area (Å²) in [6.45, 7) is 0.637. The van der Waals surface area contributed by atoms with Crippen LogP contribution in [0.5, 0.6) is 11.8 Å². The van der Waals surface area contributed by atoms with Gasteiger partial charge in [0.15, 0.2) is 6.23 Å². The van der Waals surface area contributed by atoms with Crippen LogP contribution in [0.3, 0.4) is 0 Å². The largest absolute Gasteiger partial charge is 0.471 e. The maximum atomic E-state index is 12.9. The molecular weight excluding hydrogens is 396 g/mol. The van der Waals surface area contributed by atoms with Crippen molar-refractivity contribution < 1.29 is 23.4 Å². The van der Waals surface area contributed by atoms with Gasteiger partial charge in [-0.15, -0.1) is 0 Å². The van der Waals surface area contributed by atoms with Crippen LogP contribution < -0.4 is 14.8 Å². The highest BCUT2D eigenvalue weighted by molar-refractivity contribution is 5.59. The average molecular weight is 417 g/mol. The highest BCUT2D eigenvalue weighted by atomic mass is 19.3. The van der Waals surface area contributed by atoms with Gasteiger partial charge in [0.1, 0.15) is 11.4 Å². The molecule has 0 radical (unpaired) electrons. The van der Waals surface area contributed by atoms with Gasteiger partial charge >= 0.3 is 6.61 Å². The number of aliphatic hydroxyl groups is 1. The zero-order valence-electron chi connectivity index (χ0n) is 16.6. The van der Waals surface area contributed by atoms with Crippen molar-refractivity contribution in [1.29, 1.82) is 0 Å². The lowest BCUT2D eigenvalue weighted by Gasteiger charge is -2.18. The van der Waals surface area contributed by atoms with Crippen LogP contribution in [0.2, 0.25) is 0 Å². The molecule has 0 saturated carbocycles. The Morgan fingerprint density at radius 3 is 2.80 bits per heavy atom. The maximum absolute atomic E-state index is 12.9. The first-order valence-corrected chi connectivity index (χ1v) is 9.28. The molecule has 1 aliphatic heterocycles. The number of halogens is 2. The fraction of sp³-hybridized carbons (Fsp3) is 0.350. The van der Waals surface area contributed by atoms with Gasteiger partial charge in [-0.25, -0.2) is 4.98 Å². The summed E-state index contributed by atoms with van der Waals surface area (Å²) in [5.41, 5.74) is 1.70. The molecule has 30 heavy (non-hydrogen) atoms. The molecule has 0 aliphatic carbocycles. The van der Waals surface area contributed by atoms with E-state index in [1.807, 2.05) is 20.0 Å². The minimum Gasteiger partial charge on any atom is -0.471 e. The Morgan fingerprint density at radius 1 is 1.30 bits per heavy atom. The second-order valence-electron chi connectivity index (χ2n) is 7.62. The Morgan fingerprint density at radius 2 is 2.10 bits per heavy atom. The maximum Gasteiger partial charge on any atom is 0.388 e. The number of alkyl halides is 2. The molecule has 0 bridgehead atoms. The molecule has 2 N–H and O–H groups in total. The van der Waals surface area contributed by atoms with Gasteiger partial charge in [-0.05, 0) is 32.0 Å². The van der Waals surface area contributed by atoms with E-state index in [4.69, 9.17) is 4.74 Å². The predicted molar refractivity (Wildman–Crippen MR) is 104 cm³/mol. The molecule has 0 aromatic carbocycles. The minimum absolute atomic E-state index is 0.0731. The molecule has 1 atom stereocenters. The molecule has 158 valence electrons. The number of hydrogen-bond acceptors (Lipinski definition) is 7. The van der Waals surface area contributed by atoms with E-state index in [0.29, 0.717) is 23.5 Å². The lowest BCUT2D eigenvalue weighted by atomic mass is 10.0. The molecule has 0 amide bonds. The van der Waals surface area contributed by atoms with Crippen molar-refractivity contribution in [2.75, 3.05) is 5.32 Å². The molecule has 4 heterocycles. The third-order valence-electron chi connectivity index (χ3n) is 4.57. The van der Waals surface area contributed by atoms with Crippen molar-refractivity contribution in [3.63, 3.8) is 0 Å².